The Hall–Kier alpha value is -2.44. The van der Waals surface area contributed by atoms with E-state index in [1.807, 2.05) is 0 Å². The van der Waals surface area contributed by atoms with Gasteiger partial charge in [0.1, 0.15) is 11.1 Å². The Morgan fingerprint density at radius 2 is 1.56 bits per heavy atom. The van der Waals surface area contributed by atoms with E-state index in [1.54, 1.807) is 0 Å². The summed E-state index contributed by atoms with van der Waals surface area (Å²) in [7, 11) is 0. The molecule has 84 valence electrons. The number of carboxylic acid groups (broad SMARTS) is 1. The first-order valence-electron chi connectivity index (χ1n) is 4.25. The largest absolute Gasteiger partial charge is 0.477 e. The van der Waals surface area contributed by atoms with Crippen LogP contribution in [-0.2, 0) is 11.3 Å². The third-order valence-corrected chi connectivity index (χ3v) is 1.81. The molecule has 0 unspecified atom stereocenters. The molecule has 1 aromatic rings. The normalized spacial score (nSPS) is 9.75. The van der Waals surface area contributed by atoms with Crippen LogP contribution in [0.5, 0.6) is 0 Å². The molecule has 0 saturated heterocycles. The van der Waals surface area contributed by atoms with Crippen LogP contribution in [0.25, 0.3) is 0 Å². The Bertz CT molecular complexity index is 438. The van der Waals surface area contributed by atoms with Crippen molar-refractivity contribution in [3.05, 3.63) is 29.6 Å². The molecule has 0 bridgehead atoms. The second-order valence-corrected chi connectivity index (χ2v) is 3.11. The summed E-state index contributed by atoms with van der Waals surface area (Å²) in [5.74, 6) is -2.63. The summed E-state index contributed by atoms with van der Waals surface area (Å²) in [5, 5.41) is 8.57. The van der Waals surface area contributed by atoms with Gasteiger partial charge < -0.3 is 16.6 Å². The third-order valence-electron chi connectivity index (χ3n) is 1.81. The van der Waals surface area contributed by atoms with Crippen molar-refractivity contribution in [3.63, 3.8) is 0 Å². The zero-order valence-corrected chi connectivity index (χ0v) is 8.21. The molecule has 0 spiro atoms. The molecule has 0 radical (unpaired) electrons. The summed E-state index contributed by atoms with van der Waals surface area (Å²) in [6.07, 6.45) is 2.48. The zero-order valence-electron chi connectivity index (χ0n) is 8.21. The molecule has 1 heterocycles. The number of nitrogens with two attached hydrogens (primary N) is 2. The average molecular weight is 224 g/mol. The number of carbonyl (C=O) groups is 3. The van der Waals surface area contributed by atoms with Crippen LogP contribution >= 0.6 is 0 Å². The van der Waals surface area contributed by atoms with Gasteiger partial charge >= 0.3 is 5.97 Å². The lowest BCUT2D eigenvalue weighted by Crippen LogP contribution is -2.40. The van der Waals surface area contributed by atoms with Gasteiger partial charge in [-0.05, 0) is 6.07 Å². The highest BCUT2D eigenvalue weighted by atomic mass is 16.4. The molecular weight excluding hydrogens is 214 g/mol. The van der Waals surface area contributed by atoms with Gasteiger partial charge in [0.05, 0.1) is 0 Å². The first-order chi connectivity index (χ1) is 7.40. The van der Waals surface area contributed by atoms with Crippen molar-refractivity contribution in [2.75, 3.05) is 0 Å². The van der Waals surface area contributed by atoms with E-state index < -0.39 is 17.8 Å². The van der Waals surface area contributed by atoms with Crippen molar-refractivity contribution < 1.29 is 24.1 Å². The van der Waals surface area contributed by atoms with Crippen molar-refractivity contribution in [1.29, 1.82) is 0 Å². The Balaban J connectivity index is 3.23. The minimum atomic E-state index is -1.11. The van der Waals surface area contributed by atoms with Gasteiger partial charge in [0, 0.05) is 0 Å². The highest BCUT2D eigenvalue weighted by Crippen LogP contribution is 2.00. The number of carboxylic acids is 1. The molecular formula is C9H10N3O4+. The monoisotopic (exact) mass is 224 g/mol. The zero-order chi connectivity index (χ0) is 12.3. The molecule has 5 N–H and O–H groups in total. The van der Waals surface area contributed by atoms with Crippen LogP contribution in [0.4, 0.5) is 0 Å². The van der Waals surface area contributed by atoms with Crippen LogP contribution in [-0.4, -0.2) is 22.9 Å². The number of hydrogen-bond acceptors (Lipinski definition) is 3. The van der Waals surface area contributed by atoms with Gasteiger partial charge in [0.25, 0.3) is 11.8 Å². The second kappa shape index (κ2) is 4.39. The summed E-state index contributed by atoms with van der Waals surface area (Å²) in [6.45, 7) is -0.388. The first kappa shape index (κ1) is 11.6. The molecule has 2 amide bonds. The summed E-state index contributed by atoms with van der Waals surface area (Å²) >= 11 is 0. The van der Waals surface area contributed by atoms with E-state index in [-0.39, 0.29) is 17.7 Å². The van der Waals surface area contributed by atoms with Crippen LogP contribution in [0.1, 0.15) is 20.7 Å². The van der Waals surface area contributed by atoms with E-state index in [1.165, 1.54) is 18.5 Å². The maximum Gasteiger partial charge on any atom is 0.370 e. The molecule has 0 aliphatic rings. The van der Waals surface area contributed by atoms with E-state index >= 15 is 0 Å². The number of nitrogens with zero attached hydrogens (tertiary/aromatic N) is 1. The van der Waals surface area contributed by atoms with Gasteiger partial charge in [-0.25, -0.2) is 4.79 Å². The lowest BCUT2D eigenvalue weighted by atomic mass is 10.2. The number of rotatable bonds is 4. The van der Waals surface area contributed by atoms with E-state index in [0.29, 0.717) is 0 Å². The lowest BCUT2D eigenvalue weighted by Gasteiger charge is -1.99. The molecule has 7 heteroatoms. The maximum atomic E-state index is 10.9. The second-order valence-electron chi connectivity index (χ2n) is 3.11. The summed E-state index contributed by atoms with van der Waals surface area (Å²) < 4.78 is 1.16. The van der Waals surface area contributed by atoms with E-state index in [4.69, 9.17) is 16.6 Å². The van der Waals surface area contributed by atoms with Crippen molar-refractivity contribution >= 4 is 17.8 Å². The molecule has 7 nitrogen and oxygen atoms in total. The fraction of sp³-hybridized carbons (Fsp3) is 0.111. The summed E-state index contributed by atoms with van der Waals surface area (Å²) in [6, 6.07) is 1.21. The molecule has 16 heavy (non-hydrogen) atoms. The number of amides is 2. The van der Waals surface area contributed by atoms with Crippen LogP contribution < -0.4 is 16.0 Å². The maximum absolute atomic E-state index is 10.9. The molecule has 0 aromatic carbocycles. The molecule has 1 aromatic heterocycles. The number of aromatic nitrogens is 1. The fourth-order valence-corrected chi connectivity index (χ4v) is 1.15. The van der Waals surface area contributed by atoms with E-state index in [0.717, 1.165) is 4.57 Å². The van der Waals surface area contributed by atoms with Crippen LogP contribution in [0.2, 0.25) is 0 Å². The number of pyridine rings is 1. The lowest BCUT2D eigenvalue weighted by molar-refractivity contribution is -0.686. The number of aliphatic carboxylic acids is 1. The van der Waals surface area contributed by atoms with Gasteiger partial charge in [-0.15, -0.1) is 0 Å². The van der Waals surface area contributed by atoms with Gasteiger partial charge in [-0.1, -0.05) is 0 Å². The standard InChI is InChI=1S/C9H9N3O4/c10-8(15)5-1-6(9(11)16)3-12(2-5)4-7(13)14/h1-3H,4H2,(H4-,10,11,13,14,15,16)/p+1. The van der Waals surface area contributed by atoms with Gasteiger partial charge in [0.2, 0.25) is 6.54 Å². The van der Waals surface area contributed by atoms with Crippen LogP contribution in [0, 0.1) is 0 Å². The average Bonchev–Trinajstić information content (AvgIpc) is 2.15. The quantitative estimate of drug-likeness (QED) is 0.524. The van der Waals surface area contributed by atoms with Crippen molar-refractivity contribution in [2.45, 2.75) is 6.54 Å². The van der Waals surface area contributed by atoms with Crippen molar-refractivity contribution in [1.82, 2.24) is 0 Å². The minimum Gasteiger partial charge on any atom is -0.477 e. The molecule has 0 aliphatic carbocycles. The Morgan fingerprint density at radius 3 is 1.88 bits per heavy atom. The van der Waals surface area contributed by atoms with Crippen LogP contribution in [0.3, 0.4) is 0 Å². The van der Waals surface area contributed by atoms with Gasteiger partial charge in [-0.2, -0.15) is 4.57 Å². The Kier molecular flexibility index (Phi) is 3.19. The summed E-state index contributed by atoms with van der Waals surface area (Å²) in [4.78, 5) is 32.3. The van der Waals surface area contributed by atoms with E-state index in [2.05, 4.69) is 0 Å². The predicted octanol–water partition coefficient (Wildman–Crippen LogP) is -1.74. The summed E-state index contributed by atoms with van der Waals surface area (Å²) in [5.41, 5.74) is 10.1. The number of primary amides is 2. The smallest absolute Gasteiger partial charge is 0.370 e. The highest BCUT2D eigenvalue weighted by Gasteiger charge is 2.16. The first-order valence-corrected chi connectivity index (χ1v) is 4.25. The molecule has 0 aliphatic heterocycles. The van der Waals surface area contributed by atoms with Crippen LogP contribution in [0.15, 0.2) is 18.5 Å². The van der Waals surface area contributed by atoms with Crippen molar-refractivity contribution in [2.24, 2.45) is 11.5 Å². The molecule has 1 rings (SSSR count). The predicted molar refractivity (Wildman–Crippen MR) is 51.3 cm³/mol. The SMILES string of the molecule is NC(=O)c1cc(C(N)=O)c[n+](CC(=O)O)c1. The molecule has 0 fully saturated rings. The Morgan fingerprint density at radius 1 is 1.12 bits per heavy atom. The minimum absolute atomic E-state index is 0.0255. The Labute approximate surface area is 90.3 Å². The number of carbonyl (C=O) groups excluding carboxylic acids is 2. The number of hydrogen-bond donors (Lipinski definition) is 3. The highest BCUT2D eigenvalue weighted by molar-refractivity contribution is 5.97. The van der Waals surface area contributed by atoms with Crippen molar-refractivity contribution in [3.8, 4) is 0 Å². The fourth-order valence-electron chi connectivity index (χ4n) is 1.15. The van der Waals surface area contributed by atoms with Gasteiger partial charge in [0.15, 0.2) is 12.4 Å². The third kappa shape index (κ3) is 2.77. The molecule has 0 saturated carbocycles. The topological polar surface area (TPSA) is 127 Å². The van der Waals surface area contributed by atoms with Gasteiger partial charge in [-0.3, -0.25) is 9.59 Å². The molecule has 0 atom stereocenters. The van der Waals surface area contributed by atoms with E-state index in [9.17, 15) is 14.4 Å².